The third kappa shape index (κ3) is 2.94. The van der Waals surface area contributed by atoms with Gasteiger partial charge in [-0.3, -0.25) is 0 Å². The van der Waals surface area contributed by atoms with Gasteiger partial charge >= 0.3 is 0 Å². The van der Waals surface area contributed by atoms with Crippen molar-refractivity contribution in [3.05, 3.63) is 109 Å². The van der Waals surface area contributed by atoms with Crippen molar-refractivity contribution in [3.8, 4) is 33.8 Å². The highest BCUT2D eigenvalue weighted by molar-refractivity contribution is 5.89. The van der Waals surface area contributed by atoms with Crippen molar-refractivity contribution in [2.75, 3.05) is 0 Å². The molecule has 0 saturated carbocycles. The molecule has 0 N–H and O–H groups in total. The van der Waals surface area contributed by atoms with Gasteiger partial charge in [0.05, 0.1) is 0 Å². The normalized spacial score (nSPS) is 11.0. The smallest absolute Gasteiger partial charge is 0.142 e. The molecule has 0 unspecified atom stereocenters. The fraction of sp³-hybridized carbons (Fsp3) is 0. The minimum atomic E-state index is 0.887. The van der Waals surface area contributed by atoms with E-state index in [-0.39, 0.29) is 0 Å². The molecule has 1 nitrogen and oxygen atoms in total. The largest absolute Gasteiger partial charge is 0.455 e. The molecule has 4 aromatic carbocycles. The quantitative estimate of drug-likeness (QED) is 0.331. The summed E-state index contributed by atoms with van der Waals surface area (Å²) in [4.78, 5) is 0. The lowest BCUT2D eigenvalue weighted by Gasteiger charge is -2.03. The summed E-state index contributed by atoms with van der Waals surface area (Å²) in [5.41, 5.74) is 4.45. The van der Waals surface area contributed by atoms with E-state index >= 15 is 0 Å². The zero-order valence-electron chi connectivity index (χ0n) is 14.8. The minimum Gasteiger partial charge on any atom is -0.455 e. The molecule has 1 heteroatoms. The number of rotatable bonds is 3. The van der Waals surface area contributed by atoms with Crippen molar-refractivity contribution in [1.82, 2.24) is 0 Å². The summed E-state index contributed by atoms with van der Waals surface area (Å²) < 4.78 is 6.39. The van der Waals surface area contributed by atoms with Crippen LogP contribution in [0.2, 0.25) is 0 Å². The highest BCUT2D eigenvalue weighted by Gasteiger charge is 2.16. The van der Waals surface area contributed by atoms with Gasteiger partial charge in [0.2, 0.25) is 0 Å². The maximum atomic E-state index is 6.39. The van der Waals surface area contributed by atoms with Crippen molar-refractivity contribution in [2.24, 2.45) is 0 Å². The second kappa shape index (κ2) is 6.62. The Kier molecular flexibility index (Phi) is 3.84. The van der Waals surface area contributed by atoms with Crippen LogP contribution >= 0.6 is 0 Å². The summed E-state index contributed by atoms with van der Waals surface area (Å²) in [5.74, 6) is 1.79. The summed E-state index contributed by atoms with van der Waals surface area (Å²) in [6.07, 6.45) is 0. The third-order valence-electron chi connectivity index (χ3n) is 4.89. The number of hydrogen-bond donors (Lipinski definition) is 0. The highest BCUT2D eigenvalue weighted by Crippen LogP contribution is 2.39. The molecule has 0 aliphatic heterocycles. The Balaban J connectivity index is 1.70. The molecule has 0 aliphatic rings. The lowest BCUT2D eigenvalue weighted by Crippen LogP contribution is -1.78. The summed E-state index contributed by atoms with van der Waals surface area (Å²) in [6.45, 7) is 0. The number of furan rings is 1. The molecule has 0 amide bonds. The molecule has 0 saturated heterocycles. The van der Waals surface area contributed by atoms with Crippen molar-refractivity contribution < 1.29 is 4.42 Å². The first-order valence-electron chi connectivity index (χ1n) is 9.12. The van der Waals surface area contributed by atoms with Crippen LogP contribution in [0.4, 0.5) is 0 Å². The van der Waals surface area contributed by atoms with Crippen LogP contribution in [0.25, 0.3) is 44.5 Å². The van der Waals surface area contributed by atoms with Gasteiger partial charge < -0.3 is 4.42 Å². The van der Waals surface area contributed by atoms with Crippen LogP contribution in [0.3, 0.4) is 0 Å². The molecule has 128 valence electrons. The van der Waals surface area contributed by atoms with E-state index in [0.717, 1.165) is 33.8 Å². The number of hydrogen-bond acceptors (Lipinski definition) is 1. The predicted molar refractivity (Wildman–Crippen MR) is 113 cm³/mol. The van der Waals surface area contributed by atoms with Crippen molar-refractivity contribution >= 4 is 10.8 Å². The van der Waals surface area contributed by atoms with Crippen LogP contribution in [-0.4, -0.2) is 0 Å². The third-order valence-corrected chi connectivity index (χ3v) is 4.89. The molecular weight excluding hydrogens is 328 g/mol. The van der Waals surface area contributed by atoms with Crippen LogP contribution in [0, 0.1) is 0 Å². The molecule has 0 atom stereocenters. The van der Waals surface area contributed by atoms with Gasteiger partial charge in [-0.15, -0.1) is 0 Å². The molecule has 5 rings (SSSR count). The zero-order valence-corrected chi connectivity index (χ0v) is 14.8. The summed E-state index contributed by atoms with van der Waals surface area (Å²) >= 11 is 0. The molecule has 0 spiro atoms. The average molecular weight is 346 g/mol. The van der Waals surface area contributed by atoms with E-state index in [0.29, 0.717) is 0 Å². The first-order valence-corrected chi connectivity index (χ1v) is 9.12. The molecule has 0 radical (unpaired) electrons. The lowest BCUT2D eigenvalue weighted by atomic mass is 10.0. The van der Waals surface area contributed by atoms with Crippen LogP contribution < -0.4 is 0 Å². The van der Waals surface area contributed by atoms with Crippen LogP contribution in [0.1, 0.15) is 0 Å². The van der Waals surface area contributed by atoms with Gasteiger partial charge in [0.25, 0.3) is 0 Å². The van der Waals surface area contributed by atoms with Gasteiger partial charge in [0.15, 0.2) is 0 Å². The Bertz CT molecular complexity index is 1140. The van der Waals surface area contributed by atoms with E-state index in [1.54, 1.807) is 0 Å². The van der Waals surface area contributed by atoms with E-state index in [2.05, 4.69) is 84.9 Å². The molecule has 0 bridgehead atoms. The van der Waals surface area contributed by atoms with Gasteiger partial charge in [0, 0.05) is 16.7 Å². The van der Waals surface area contributed by atoms with Crippen molar-refractivity contribution in [1.29, 1.82) is 0 Å². The average Bonchev–Trinajstić information content (AvgIpc) is 3.20. The molecular formula is C26H18O. The summed E-state index contributed by atoms with van der Waals surface area (Å²) in [6, 6.07) is 37.7. The molecule has 27 heavy (non-hydrogen) atoms. The maximum Gasteiger partial charge on any atom is 0.142 e. The standard InChI is InChI=1S/C26H18O/c1-3-10-20(11-4-1)24-18-25(27-26(24)21-12-5-2-6-13-21)23-16-15-19-9-7-8-14-22(19)17-23/h1-18H. The SMILES string of the molecule is c1ccc(-c2cc(-c3ccc4ccccc4c3)oc2-c2ccccc2)cc1. The zero-order chi connectivity index (χ0) is 18.1. The molecule has 5 aromatic rings. The van der Waals surface area contributed by atoms with Gasteiger partial charge in [0.1, 0.15) is 11.5 Å². The first kappa shape index (κ1) is 15.7. The van der Waals surface area contributed by atoms with Crippen LogP contribution in [0.5, 0.6) is 0 Å². The second-order valence-corrected chi connectivity index (χ2v) is 6.65. The maximum absolute atomic E-state index is 6.39. The molecule has 1 aromatic heterocycles. The van der Waals surface area contributed by atoms with Crippen LogP contribution in [-0.2, 0) is 0 Å². The second-order valence-electron chi connectivity index (χ2n) is 6.65. The Labute approximate surface area is 158 Å². The van der Waals surface area contributed by atoms with Gasteiger partial charge in [-0.05, 0) is 28.5 Å². The van der Waals surface area contributed by atoms with E-state index in [1.165, 1.54) is 10.8 Å². The Morgan fingerprint density at radius 2 is 1.07 bits per heavy atom. The highest BCUT2D eigenvalue weighted by atomic mass is 16.3. The van der Waals surface area contributed by atoms with E-state index < -0.39 is 0 Å². The summed E-state index contributed by atoms with van der Waals surface area (Å²) in [7, 11) is 0. The van der Waals surface area contributed by atoms with Crippen LogP contribution in [0.15, 0.2) is 114 Å². The van der Waals surface area contributed by atoms with Crippen molar-refractivity contribution in [3.63, 3.8) is 0 Å². The van der Waals surface area contributed by atoms with Gasteiger partial charge in [-0.2, -0.15) is 0 Å². The van der Waals surface area contributed by atoms with Gasteiger partial charge in [-0.25, -0.2) is 0 Å². The Morgan fingerprint density at radius 3 is 1.81 bits per heavy atom. The molecule has 0 aliphatic carbocycles. The fourth-order valence-corrected chi connectivity index (χ4v) is 3.51. The topological polar surface area (TPSA) is 13.1 Å². The number of fused-ring (bicyclic) bond motifs is 1. The monoisotopic (exact) mass is 346 g/mol. The fourth-order valence-electron chi connectivity index (χ4n) is 3.51. The van der Waals surface area contributed by atoms with Crippen molar-refractivity contribution in [2.45, 2.75) is 0 Å². The predicted octanol–water partition coefficient (Wildman–Crippen LogP) is 7.43. The van der Waals surface area contributed by atoms with Gasteiger partial charge in [-0.1, -0.05) is 97.1 Å². The summed E-state index contributed by atoms with van der Waals surface area (Å²) in [5, 5.41) is 2.45. The lowest BCUT2D eigenvalue weighted by molar-refractivity contribution is 0.598. The van der Waals surface area contributed by atoms with E-state index in [9.17, 15) is 0 Å². The van der Waals surface area contributed by atoms with E-state index in [1.807, 2.05) is 24.3 Å². The van der Waals surface area contributed by atoms with E-state index in [4.69, 9.17) is 4.42 Å². The Hall–Kier alpha value is -3.58. The first-order chi connectivity index (χ1) is 13.4. The minimum absolute atomic E-state index is 0.887. The number of benzene rings is 4. The Morgan fingerprint density at radius 1 is 0.444 bits per heavy atom. The molecule has 1 heterocycles. The molecule has 0 fully saturated rings.